The number of allylic oxidation sites excluding steroid dienone is 3. The molecule has 2 unspecified atom stereocenters. The number of hydrogen-bond acceptors (Lipinski definition) is 9. The van der Waals surface area contributed by atoms with E-state index in [1.165, 1.54) is 19.1 Å². The summed E-state index contributed by atoms with van der Waals surface area (Å²) in [4.78, 5) is 40.7. The molecule has 2 amide bonds. The number of epoxide rings is 1. The van der Waals surface area contributed by atoms with Gasteiger partial charge in [-0.2, -0.15) is 0 Å². The molecular formula is C32H43ClN2O9. The maximum atomic E-state index is 13.8. The zero-order chi connectivity index (χ0) is 32.6. The van der Waals surface area contributed by atoms with Crippen molar-refractivity contribution in [1.29, 1.82) is 0 Å². The van der Waals surface area contributed by atoms with E-state index in [1.807, 2.05) is 32.1 Å². The number of ether oxygens (including phenoxy) is 5. The van der Waals surface area contributed by atoms with Crippen LogP contribution in [0.4, 0.5) is 10.5 Å². The summed E-state index contributed by atoms with van der Waals surface area (Å²) in [5, 5.41) is 14.4. The van der Waals surface area contributed by atoms with E-state index in [1.54, 1.807) is 40.0 Å². The van der Waals surface area contributed by atoms with Crippen molar-refractivity contribution in [2.24, 2.45) is 11.8 Å². The van der Waals surface area contributed by atoms with Gasteiger partial charge in [0.05, 0.1) is 31.2 Å². The molecule has 3 aliphatic rings. The Bertz CT molecular complexity index is 1350. The van der Waals surface area contributed by atoms with Gasteiger partial charge in [0.25, 0.3) is 0 Å². The first-order valence-electron chi connectivity index (χ1n) is 14.7. The summed E-state index contributed by atoms with van der Waals surface area (Å²) in [5.74, 6) is -1.30. The van der Waals surface area contributed by atoms with Crippen LogP contribution in [0.2, 0.25) is 5.02 Å². The first-order valence-corrected chi connectivity index (χ1v) is 15.1. The molecule has 12 heteroatoms. The molecule has 3 aliphatic heterocycles. The van der Waals surface area contributed by atoms with Crippen molar-refractivity contribution in [3.8, 4) is 5.75 Å². The second kappa shape index (κ2) is 13.1. The Morgan fingerprint density at radius 1 is 1.25 bits per heavy atom. The smallest absolute Gasteiger partial charge is 0.409 e. The van der Waals surface area contributed by atoms with E-state index in [9.17, 15) is 19.5 Å². The summed E-state index contributed by atoms with van der Waals surface area (Å²) in [7, 11) is 4.56. The molecule has 1 aromatic carbocycles. The molecule has 0 aliphatic carbocycles. The minimum Gasteiger partial charge on any atom is -0.495 e. The van der Waals surface area contributed by atoms with Gasteiger partial charge >= 0.3 is 12.1 Å². The van der Waals surface area contributed by atoms with Crippen LogP contribution in [0.25, 0.3) is 0 Å². The summed E-state index contributed by atoms with van der Waals surface area (Å²) in [6, 6.07) is 3.63. The van der Waals surface area contributed by atoms with Crippen LogP contribution in [0, 0.1) is 11.8 Å². The molecule has 2 N–H and O–H groups in total. The number of nitrogens with zero attached hydrogens (tertiary/aromatic N) is 1. The molecule has 0 saturated carbocycles. The molecule has 4 bridgehead atoms. The van der Waals surface area contributed by atoms with Crippen LogP contribution in [0.5, 0.6) is 5.75 Å². The Hall–Kier alpha value is -3.12. The molecule has 1 aromatic rings. The van der Waals surface area contributed by atoms with Crippen LogP contribution in [0.3, 0.4) is 0 Å². The highest BCUT2D eigenvalue weighted by Crippen LogP contribution is 2.49. The normalized spacial score (nSPS) is 34.7. The van der Waals surface area contributed by atoms with Gasteiger partial charge in [-0.15, -0.1) is 0 Å². The van der Waals surface area contributed by atoms with Crippen molar-refractivity contribution in [3.63, 3.8) is 0 Å². The van der Waals surface area contributed by atoms with E-state index in [2.05, 4.69) is 5.32 Å². The average molecular weight is 635 g/mol. The summed E-state index contributed by atoms with van der Waals surface area (Å²) in [5.41, 5.74) is -0.587. The molecule has 7 atom stereocenters. The van der Waals surface area contributed by atoms with Gasteiger partial charge in [-0.3, -0.25) is 14.9 Å². The van der Waals surface area contributed by atoms with Crippen molar-refractivity contribution in [3.05, 3.63) is 46.5 Å². The van der Waals surface area contributed by atoms with Gasteiger partial charge in [0.1, 0.15) is 34.7 Å². The number of carbonyl (C=O) groups is 3. The average Bonchev–Trinajstić information content (AvgIpc) is 3.66. The zero-order valence-electron chi connectivity index (χ0n) is 26.5. The molecule has 44 heavy (non-hydrogen) atoms. The summed E-state index contributed by atoms with van der Waals surface area (Å²) in [6.07, 6.45) is 1.65. The first kappa shape index (κ1) is 33.8. The number of aliphatic hydroxyl groups is 1. The lowest BCUT2D eigenvalue weighted by molar-refractivity contribution is -0.157. The summed E-state index contributed by atoms with van der Waals surface area (Å²) >= 11 is 6.68. The molecule has 242 valence electrons. The Balaban J connectivity index is 1.80. The number of benzene rings is 1. The van der Waals surface area contributed by atoms with E-state index in [4.69, 9.17) is 35.3 Å². The minimum absolute atomic E-state index is 0.00361. The van der Waals surface area contributed by atoms with Crippen molar-refractivity contribution >= 4 is 35.3 Å². The standard InChI is InChI=1S/C32H43ClN2O9/c1-17(2)29(37)43-25-15-26(36)35(6)21-13-20(14-22(40-7)27(21)33)12-18(3)10-9-11-24(41-8)32(39)16-23(42-30(38)34-32)19(4)28-31(25,5)44-28/h9-11,13-14,17,19,23-25,28,39H,12,15-16H2,1-8H3,(H,34,38)/b11-9+,18-10+/t19-,23?,24-,25+,28?,31-,32+/m1/s1. The Labute approximate surface area is 263 Å². The number of anilines is 1. The van der Waals surface area contributed by atoms with Crippen LogP contribution in [-0.4, -0.2) is 80.1 Å². The second-order valence-corrected chi connectivity index (χ2v) is 12.8. The maximum absolute atomic E-state index is 13.8. The van der Waals surface area contributed by atoms with E-state index < -0.39 is 59.6 Å². The van der Waals surface area contributed by atoms with Crippen LogP contribution in [0.1, 0.15) is 53.0 Å². The number of methoxy groups -OCH3 is 2. The summed E-state index contributed by atoms with van der Waals surface area (Å²) in [6.45, 7) is 8.95. The third kappa shape index (κ3) is 6.91. The number of hydrogen-bond donors (Lipinski definition) is 2. The van der Waals surface area contributed by atoms with Crippen molar-refractivity contribution in [2.75, 3.05) is 26.2 Å². The van der Waals surface area contributed by atoms with E-state index in [0.29, 0.717) is 17.9 Å². The monoisotopic (exact) mass is 634 g/mol. The fraction of sp³-hybridized carbons (Fsp3) is 0.594. The largest absolute Gasteiger partial charge is 0.495 e. The lowest BCUT2D eigenvalue weighted by Gasteiger charge is -2.42. The maximum Gasteiger partial charge on any atom is 0.409 e. The number of nitrogens with one attached hydrogen (secondary N) is 1. The fourth-order valence-corrected chi connectivity index (χ4v) is 6.19. The summed E-state index contributed by atoms with van der Waals surface area (Å²) < 4.78 is 28.8. The number of fused-ring (bicyclic) bond motifs is 5. The Morgan fingerprint density at radius 2 is 1.95 bits per heavy atom. The first-order chi connectivity index (χ1) is 20.6. The van der Waals surface area contributed by atoms with Gasteiger partial charge < -0.3 is 33.7 Å². The van der Waals surface area contributed by atoms with Gasteiger partial charge in [-0.25, -0.2) is 4.79 Å². The Kier molecular flexibility index (Phi) is 10.0. The lowest BCUT2D eigenvalue weighted by Crippen LogP contribution is -2.63. The third-order valence-corrected chi connectivity index (χ3v) is 9.06. The van der Waals surface area contributed by atoms with Crippen molar-refractivity contribution in [2.45, 2.75) is 89.6 Å². The van der Waals surface area contributed by atoms with E-state index in [-0.39, 0.29) is 23.8 Å². The van der Waals surface area contributed by atoms with Gasteiger partial charge in [0.15, 0.2) is 5.72 Å². The minimum atomic E-state index is -1.77. The topological polar surface area (TPSA) is 136 Å². The molecule has 0 radical (unpaired) electrons. The highest BCUT2D eigenvalue weighted by molar-refractivity contribution is 6.35. The predicted octanol–water partition coefficient (Wildman–Crippen LogP) is 4.32. The SMILES string of the molecule is COc1cc2cc(c1Cl)N(C)C(=O)C[C@H](OC(=O)C(C)C)[C@@]1(C)OC1[C@H](C)C1C[C@@](O)(NC(=O)O1)[C@H](OC)/C=C/C=C(\C)C2. The van der Waals surface area contributed by atoms with Gasteiger partial charge in [-0.05, 0) is 38.0 Å². The van der Waals surface area contributed by atoms with E-state index in [0.717, 1.165) is 11.1 Å². The number of rotatable bonds is 4. The van der Waals surface area contributed by atoms with Crippen molar-refractivity contribution < 1.29 is 43.2 Å². The quantitative estimate of drug-likeness (QED) is 0.366. The fourth-order valence-electron chi connectivity index (χ4n) is 5.88. The predicted molar refractivity (Wildman–Crippen MR) is 164 cm³/mol. The molecule has 11 nitrogen and oxygen atoms in total. The van der Waals surface area contributed by atoms with Crippen LogP contribution >= 0.6 is 11.6 Å². The molecule has 2 fully saturated rings. The van der Waals surface area contributed by atoms with Gasteiger partial charge in [-0.1, -0.05) is 56.2 Å². The van der Waals surface area contributed by atoms with E-state index >= 15 is 0 Å². The third-order valence-electron chi connectivity index (χ3n) is 8.68. The number of halogens is 1. The van der Waals surface area contributed by atoms with Crippen LogP contribution in [0.15, 0.2) is 35.9 Å². The second-order valence-electron chi connectivity index (χ2n) is 12.4. The number of carbonyl (C=O) groups excluding carboxylic acids is 3. The number of amides is 2. The lowest BCUT2D eigenvalue weighted by atomic mass is 9.83. The molecule has 2 saturated heterocycles. The highest BCUT2D eigenvalue weighted by atomic mass is 35.5. The van der Waals surface area contributed by atoms with Crippen LogP contribution < -0.4 is 15.0 Å². The van der Waals surface area contributed by atoms with Crippen LogP contribution in [-0.2, 0) is 35.0 Å². The molecule has 3 heterocycles. The Morgan fingerprint density at radius 3 is 2.59 bits per heavy atom. The highest BCUT2D eigenvalue weighted by Gasteiger charge is 2.64. The van der Waals surface area contributed by atoms with Gasteiger partial charge in [0.2, 0.25) is 5.91 Å². The molecular weight excluding hydrogens is 592 g/mol. The number of esters is 1. The zero-order valence-corrected chi connectivity index (χ0v) is 27.3. The number of alkyl carbamates (subject to hydrolysis) is 1. The van der Waals surface area contributed by atoms with Gasteiger partial charge in [0, 0.05) is 26.5 Å². The molecule has 0 aromatic heterocycles. The van der Waals surface area contributed by atoms with Crippen molar-refractivity contribution in [1.82, 2.24) is 5.32 Å². The molecule has 0 spiro atoms. The molecule has 4 rings (SSSR count).